The predicted molar refractivity (Wildman–Crippen MR) is 58.4 cm³/mol. The maximum Gasteiger partial charge on any atom is 0.142 e. The smallest absolute Gasteiger partial charge is 0.142 e. The molecule has 0 aromatic heterocycles. The molecule has 1 aliphatic rings. The van der Waals surface area contributed by atoms with Crippen molar-refractivity contribution >= 4 is 0 Å². The summed E-state index contributed by atoms with van der Waals surface area (Å²) in [6.45, 7) is -4.22. The number of hydrogen-bond donors (Lipinski definition) is 7. The van der Waals surface area contributed by atoms with E-state index in [1.807, 2.05) is 0 Å². The zero-order chi connectivity index (χ0) is 13.9. The third kappa shape index (κ3) is 1.63. The molecule has 1 aliphatic heterocycles. The van der Waals surface area contributed by atoms with Gasteiger partial charge in [0.05, 0.1) is 45.1 Å². The molecule has 0 radical (unpaired) electrons. The van der Waals surface area contributed by atoms with Gasteiger partial charge in [-0.1, -0.05) is 5.22 Å². The Balaban J connectivity index is 3.46. The van der Waals surface area contributed by atoms with Crippen molar-refractivity contribution in [3.63, 3.8) is 0 Å². The lowest BCUT2D eigenvalue weighted by molar-refractivity contribution is -0.158. The summed E-state index contributed by atoms with van der Waals surface area (Å²) in [6, 6.07) is 0. The summed E-state index contributed by atoms with van der Waals surface area (Å²) in [5.41, 5.74) is -2.62. The van der Waals surface area contributed by atoms with E-state index in [4.69, 9.17) is 0 Å². The lowest BCUT2D eigenvalue weighted by Gasteiger charge is -2.55. The van der Waals surface area contributed by atoms with Gasteiger partial charge in [0, 0.05) is 0 Å². The van der Waals surface area contributed by atoms with Crippen LogP contribution in [0.25, 0.3) is 0 Å². The molecule has 9 nitrogen and oxygen atoms in total. The lowest BCUT2D eigenvalue weighted by Crippen LogP contribution is -2.76. The van der Waals surface area contributed by atoms with Crippen molar-refractivity contribution < 1.29 is 30.6 Å². The SMILES string of the molecule is OCC1(CO)N=NNC(CO)(CO)C1(CO)CO. The number of hydrogen-bond acceptors (Lipinski definition) is 9. The zero-order valence-corrected chi connectivity index (χ0v) is 9.82. The van der Waals surface area contributed by atoms with Crippen molar-refractivity contribution in [2.24, 2.45) is 15.8 Å². The van der Waals surface area contributed by atoms with Gasteiger partial charge in [-0.05, 0) is 0 Å². The Morgan fingerprint density at radius 3 is 1.56 bits per heavy atom. The van der Waals surface area contributed by atoms with Crippen molar-refractivity contribution in [3.8, 4) is 0 Å². The Kier molecular flexibility index (Phi) is 4.59. The summed E-state index contributed by atoms with van der Waals surface area (Å²) in [5, 5.41) is 64.1. The van der Waals surface area contributed by atoms with E-state index in [-0.39, 0.29) is 0 Å². The standard InChI is InChI=1S/C9H19N3O6/c13-1-7(2-14)8(3-15,4-16)10-12-11-9(7,5-17)6-18/h13-18H,1-6H2,(H,10,11). The first kappa shape index (κ1) is 15.2. The zero-order valence-electron chi connectivity index (χ0n) is 9.82. The molecule has 0 unspecified atom stereocenters. The van der Waals surface area contributed by atoms with Gasteiger partial charge in [0.15, 0.2) is 0 Å². The predicted octanol–water partition coefficient (Wildman–Crippen LogP) is -3.63. The highest BCUT2D eigenvalue weighted by Gasteiger charge is 2.65. The molecule has 0 aromatic rings. The van der Waals surface area contributed by atoms with Crippen LogP contribution in [-0.4, -0.2) is 81.4 Å². The van der Waals surface area contributed by atoms with Gasteiger partial charge >= 0.3 is 0 Å². The molecule has 0 amide bonds. The van der Waals surface area contributed by atoms with Crippen LogP contribution in [0.5, 0.6) is 0 Å². The minimum Gasteiger partial charge on any atom is -0.396 e. The van der Waals surface area contributed by atoms with E-state index in [0.29, 0.717) is 0 Å². The first-order chi connectivity index (χ1) is 8.57. The van der Waals surface area contributed by atoms with Gasteiger partial charge in [0.2, 0.25) is 0 Å². The Morgan fingerprint density at radius 1 is 0.722 bits per heavy atom. The van der Waals surface area contributed by atoms with Crippen LogP contribution in [0.3, 0.4) is 0 Å². The first-order valence-electron chi connectivity index (χ1n) is 5.42. The van der Waals surface area contributed by atoms with Gasteiger partial charge in [-0.2, -0.15) is 5.11 Å². The van der Waals surface area contributed by atoms with Crippen LogP contribution in [0.1, 0.15) is 0 Å². The fourth-order valence-corrected chi connectivity index (χ4v) is 2.35. The van der Waals surface area contributed by atoms with Gasteiger partial charge < -0.3 is 30.6 Å². The molecule has 0 fully saturated rings. The molecular weight excluding hydrogens is 246 g/mol. The summed E-state index contributed by atoms with van der Waals surface area (Å²) in [6.07, 6.45) is 0. The second-order valence-corrected chi connectivity index (χ2v) is 4.46. The lowest BCUT2D eigenvalue weighted by atomic mass is 9.59. The largest absolute Gasteiger partial charge is 0.396 e. The minimum atomic E-state index is -1.70. The van der Waals surface area contributed by atoms with E-state index in [2.05, 4.69) is 15.8 Å². The van der Waals surface area contributed by atoms with E-state index < -0.39 is 56.1 Å². The van der Waals surface area contributed by atoms with Crippen molar-refractivity contribution in [2.75, 3.05) is 39.6 Å². The number of aliphatic hydroxyl groups is 6. The number of nitrogens with zero attached hydrogens (tertiary/aromatic N) is 2. The van der Waals surface area contributed by atoms with E-state index in [0.717, 1.165) is 0 Å². The normalized spacial score (nSPS) is 23.7. The van der Waals surface area contributed by atoms with Crippen molar-refractivity contribution in [1.29, 1.82) is 0 Å². The molecule has 0 bridgehead atoms. The Bertz CT molecular complexity index is 299. The molecule has 1 heterocycles. The number of rotatable bonds is 6. The van der Waals surface area contributed by atoms with Crippen molar-refractivity contribution in [1.82, 2.24) is 5.43 Å². The maximum absolute atomic E-state index is 9.59. The van der Waals surface area contributed by atoms with Crippen LogP contribution < -0.4 is 5.43 Å². The Hall–Kier alpha value is -0.840. The summed E-state index contributed by atoms with van der Waals surface area (Å²) in [7, 11) is 0. The van der Waals surface area contributed by atoms with Crippen LogP contribution in [-0.2, 0) is 0 Å². The molecule has 0 aromatic carbocycles. The molecule has 0 aliphatic carbocycles. The van der Waals surface area contributed by atoms with E-state index in [1.54, 1.807) is 0 Å². The van der Waals surface area contributed by atoms with E-state index in [1.165, 1.54) is 0 Å². The van der Waals surface area contributed by atoms with E-state index in [9.17, 15) is 30.6 Å². The topological polar surface area (TPSA) is 158 Å². The molecule has 9 heteroatoms. The van der Waals surface area contributed by atoms with Crippen molar-refractivity contribution in [3.05, 3.63) is 0 Å². The fourth-order valence-electron chi connectivity index (χ4n) is 2.35. The molecule has 0 saturated carbocycles. The Morgan fingerprint density at radius 2 is 1.22 bits per heavy atom. The highest BCUT2D eigenvalue weighted by Crippen LogP contribution is 2.45. The number of aliphatic hydroxyl groups excluding tert-OH is 6. The third-order valence-corrected chi connectivity index (χ3v) is 3.92. The summed E-state index contributed by atoms with van der Waals surface area (Å²) in [4.78, 5) is 0. The molecule has 18 heavy (non-hydrogen) atoms. The van der Waals surface area contributed by atoms with Gasteiger partial charge in [0.25, 0.3) is 0 Å². The second kappa shape index (κ2) is 5.43. The molecule has 0 saturated heterocycles. The number of nitrogens with one attached hydrogen (secondary N) is 1. The van der Waals surface area contributed by atoms with Crippen LogP contribution in [0.2, 0.25) is 0 Å². The van der Waals surface area contributed by atoms with Crippen molar-refractivity contribution in [2.45, 2.75) is 11.1 Å². The van der Waals surface area contributed by atoms with Gasteiger partial charge in [-0.25, -0.2) is 0 Å². The summed E-state index contributed by atoms with van der Waals surface area (Å²) >= 11 is 0. The Labute approximate surface area is 103 Å². The molecule has 1 rings (SSSR count). The van der Waals surface area contributed by atoms with Crippen LogP contribution in [0.15, 0.2) is 10.3 Å². The van der Waals surface area contributed by atoms with Crippen LogP contribution >= 0.6 is 0 Å². The molecule has 0 atom stereocenters. The average Bonchev–Trinajstić information content (AvgIpc) is 2.45. The quantitative estimate of drug-likeness (QED) is 0.261. The second-order valence-electron chi connectivity index (χ2n) is 4.46. The van der Waals surface area contributed by atoms with Gasteiger partial charge in [-0.3, -0.25) is 5.43 Å². The molecular formula is C9H19N3O6. The average molecular weight is 265 g/mol. The van der Waals surface area contributed by atoms with Gasteiger partial charge in [0.1, 0.15) is 11.1 Å². The fraction of sp³-hybridized carbons (Fsp3) is 1.00. The highest BCUT2D eigenvalue weighted by atomic mass is 16.3. The van der Waals surface area contributed by atoms with Gasteiger partial charge in [-0.15, -0.1) is 0 Å². The first-order valence-corrected chi connectivity index (χ1v) is 5.42. The molecule has 106 valence electrons. The third-order valence-electron chi connectivity index (χ3n) is 3.92. The maximum atomic E-state index is 9.59. The molecule has 7 N–H and O–H groups in total. The summed E-state index contributed by atoms with van der Waals surface area (Å²) < 4.78 is 0. The van der Waals surface area contributed by atoms with E-state index >= 15 is 0 Å². The highest BCUT2D eigenvalue weighted by molar-refractivity contribution is 5.18. The van der Waals surface area contributed by atoms with Crippen LogP contribution in [0, 0.1) is 5.41 Å². The minimum absolute atomic E-state index is 0.675. The van der Waals surface area contributed by atoms with Crippen LogP contribution in [0.4, 0.5) is 0 Å². The summed E-state index contributed by atoms with van der Waals surface area (Å²) in [5.74, 6) is 0. The molecule has 0 spiro atoms. The monoisotopic (exact) mass is 265 g/mol.